The standard InChI is InChI=1S/C9H6BrF3O3/c10-7-2-1-6(16-9(11,12)13)3-5(7)4-8(14)15/h1-3H,4H2,(H,14,15). The van der Waals surface area contributed by atoms with Crippen molar-refractivity contribution < 1.29 is 27.8 Å². The first-order chi connectivity index (χ1) is 7.28. The lowest BCUT2D eigenvalue weighted by Gasteiger charge is -2.10. The lowest BCUT2D eigenvalue weighted by Crippen LogP contribution is -2.17. The molecule has 1 rings (SSSR count). The van der Waals surface area contributed by atoms with Gasteiger partial charge in [-0.2, -0.15) is 0 Å². The van der Waals surface area contributed by atoms with Gasteiger partial charge in [-0.05, 0) is 23.8 Å². The molecule has 0 aliphatic heterocycles. The summed E-state index contributed by atoms with van der Waals surface area (Å²) in [7, 11) is 0. The highest BCUT2D eigenvalue weighted by atomic mass is 79.9. The number of carbonyl (C=O) groups is 1. The van der Waals surface area contributed by atoms with Crippen LogP contribution in [0.2, 0.25) is 0 Å². The molecule has 0 heterocycles. The number of carboxylic acid groups (broad SMARTS) is 1. The molecule has 88 valence electrons. The van der Waals surface area contributed by atoms with Gasteiger partial charge in [-0.1, -0.05) is 15.9 Å². The number of hydrogen-bond acceptors (Lipinski definition) is 2. The molecule has 0 bridgehead atoms. The summed E-state index contributed by atoms with van der Waals surface area (Å²) in [4.78, 5) is 10.4. The summed E-state index contributed by atoms with van der Waals surface area (Å²) in [6, 6.07) is 3.44. The molecule has 1 aromatic carbocycles. The van der Waals surface area contributed by atoms with E-state index < -0.39 is 18.1 Å². The van der Waals surface area contributed by atoms with Crippen molar-refractivity contribution in [2.45, 2.75) is 12.8 Å². The number of carboxylic acids is 1. The molecular weight excluding hydrogens is 293 g/mol. The molecule has 7 heteroatoms. The van der Waals surface area contributed by atoms with Gasteiger partial charge in [0.25, 0.3) is 0 Å². The van der Waals surface area contributed by atoms with E-state index in [0.29, 0.717) is 4.47 Å². The zero-order valence-electron chi connectivity index (χ0n) is 7.71. The first-order valence-electron chi connectivity index (χ1n) is 4.04. The van der Waals surface area contributed by atoms with Crippen LogP contribution in [0.25, 0.3) is 0 Å². The third-order valence-corrected chi connectivity index (χ3v) is 2.37. The number of benzene rings is 1. The molecule has 0 aliphatic carbocycles. The maximum absolute atomic E-state index is 11.9. The highest BCUT2D eigenvalue weighted by Crippen LogP contribution is 2.27. The van der Waals surface area contributed by atoms with Gasteiger partial charge in [-0.25, -0.2) is 0 Å². The molecule has 0 unspecified atom stereocenters. The molecular formula is C9H6BrF3O3. The van der Waals surface area contributed by atoms with Crippen molar-refractivity contribution in [2.75, 3.05) is 0 Å². The molecule has 3 nitrogen and oxygen atoms in total. The minimum atomic E-state index is -4.78. The summed E-state index contributed by atoms with van der Waals surface area (Å²) in [6.45, 7) is 0. The summed E-state index contributed by atoms with van der Waals surface area (Å²) < 4.78 is 39.7. The SMILES string of the molecule is O=C(O)Cc1cc(OC(F)(F)F)ccc1Br. The van der Waals surface area contributed by atoms with Crippen molar-refractivity contribution in [3.05, 3.63) is 28.2 Å². The van der Waals surface area contributed by atoms with Crippen LogP contribution in [0.15, 0.2) is 22.7 Å². The molecule has 1 aromatic rings. The van der Waals surface area contributed by atoms with E-state index >= 15 is 0 Å². The second kappa shape index (κ2) is 4.73. The molecule has 0 fully saturated rings. The fourth-order valence-electron chi connectivity index (χ4n) is 1.05. The van der Waals surface area contributed by atoms with Gasteiger partial charge in [0.15, 0.2) is 0 Å². The Balaban J connectivity index is 2.93. The number of ether oxygens (including phenoxy) is 1. The smallest absolute Gasteiger partial charge is 0.481 e. The number of hydrogen-bond donors (Lipinski definition) is 1. The van der Waals surface area contributed by atoms with Crippen LogP contribution in [-0.2, 0) is 11.2 Å². The predicted molar refractivity (Wildman–Crippen MR) is 52.2 cm³/mol. The molecule has 0 amide bonds. The van der Waals surface area contributed by atoms with Gasteiger partial charge in [0.2, 0.25) is 0 Å². The van der Waals surface area contributed by atoms with E-state index in [4.69, 9.17) is 5.11 Å². The Labute approximate surface area is 97.0 Å². The predicted octanol–water partition coefficient (Wildman–Crippen LogP) is 2.97. The third kappa shape index (κ3) is 4.09. The highest BCUT2D eigenvalue weighted by molar-refractivity contribution is 9.10. The maximum atomic E-state index is 11.9. The van der Waals surface area contributed by atoms with Crippen molar-refractivity contribution in [3.63, 3.8) is 0 Å². The monoisotopic (exact) mass is 298 g/mol. The number of aliphatic carboxylic acids is 1. The third-order valence-electron chi connectivity index (χ3n) is 1.59. The summed E-state index contributed by atoms with van der Waals surface area (Å²) in [6.07, 6.45) is -5.16. The quantitative estimate of drug-likeness (QED) is 0.933. The molecule has 0 spiro atoms. The van der Waals surface area contributed by atoms with Crippen LogP contribution in [-0.4, -0.2) is 17.4 Å². The number of alkyl halides is 3. The Kier molecular flexibility index (Phi) is 3.79. The lowest BCUT2D eigenvalue weighted by atomic mass is 10.1. The Morgan fingerprint density at radius 1 is 1.44 bits per heavy atom. The average Bonchev–Trinajstić information content (AvgIpc) is 2.07. The van der Waals surface area contributed by atoms with Crippen molar-refractivity contribution in [2.24, 2.45) is 0 Å². The molecule has 0 atom stereocenters. The van der Waals surface area contributed by atoms with Crippen LogP contribution in [0.5, 0.6) is 5.75 Å². The Bertz CT molecular complexity index is 403. The zero-order valence-corrected chi connectivity index (χ0v) is 9.30. The lowest BCUT2D eigenvalue weighted by molar-refractivity contribution is -0.274. The van der Waals surface area contributed by atoms with Gasteiger partial charge in [-0.3, -0.25) is 4.79 Å². The van der Waals surface area contributed by atoms with Gasteiger partial charge < -0.3 is 9.84 Å². The molecule has 0 radical (unpaired) electrons. The van der Waals surface area contributed by atoms with E-state index in [-0.39, 0.29) is 12.0 Å². The normalized spacial score (nSPS) is 11.2. The zero-order chi connectivity index (χ0) is 12.3. The van der Waals surface area contributed by atoms with Crippen molar-refractivity contribution in [1.29, 1.82) is 0 Å². The summed E-state index contributed by atoms with van der Waals surface area (Å²) in [5.74, 6) is -1.57. The van der Waals surface area contributed by atoms with Gasteiger partial charge >= 0.3 is 12.3 Å². The van der Waals surface area contributed by atoms with Crippen LogP contribution in [0.4, 0.5) is 13.2 Å². The fraction of sp³-hybridized carbons (Fsp3) is 0.222. The van der Waals surface area contributed by atoms with Gasteiger partial charge in [0.1, 0.15) is 5.75 Å². The first-order valence-corrected chi connectivity index (χ1v) is 4.83. The Morgan fingerprint density at radius 3 is 2.56 bits per heavy atom. The summed E-state index contributed by atoms with van der Waals surface area (Å²) >= 11 is 3.04. The number of halogens is 4. The van der Waals surface area contributed by atoms with E-state index in [2.05, 4.69) is 20.7 Å². The van der Waals surface area contributed by atoms with Crippen LogP contribution < -0.4 is 4.74 Å². The van der Waals surface area contributed by atoms with Crippen LogP contribution in [0.1, 0.15) is 5.56 Å². The maximum Gasteiger partial charge on any atom is 0.573 e. The van der Waals surface area contributed by atoms with Gasteiger partial charge in [0.05, 0.1) is 6.42 Å². The Morgan fingerprint density at radius 2 is 2.06 bits per heavy atom. The topological polar surface area (TPSA) is 46.5 Å². The van der Waals surface area contributed by atoms with E-state index in [1.807, 2.05) is 0 Å². The van der Waals surface area contributed by atoms with Crippen LogP contribution in [0, 0.1) is 0 Å². The molecule has 0 aliphatic rings. The largest absolute Gasteiger partial charge is 0.573 e. The second-order valence-corrected chi connectivity index (χ2v) is 3.73. The van der Waals surface area contributed by atoms with Gasteiger partial charge in [-0.15, -0.1) is 13.2 Å². The van der Waals surface area contributed by atoms with E-state index in [1.54, 1.807) is 0 Å². The first kappa shape index (κ1) is 12.8. The van der Waals surface area contributed by atoms with Crippen molar-refractivity contribution in [3.8, 4) is 5.75 Å². The molecule has 16 heavy (non-hydrogen) atoms. The summed E-state index contributed by atoms with van der Waals surface area (Å²) in [5, 5.41) is 8.53. The van der Waals surface area contributed by atoms with Crippen molar-refractivity contribution >= 4 is 21.9 Å². The van der Waals surface area contributed by atoms with E-state index in [1.165, 1.54) is 6.07 Å². The number of rotatable bonds is 3. The minimum absolute atomic E-state index is 0.217. The summed E-state index contributed by atoms with van der Waals surface area (Å²) in [5.41, 5.74) is 0.217. The molecule has 0 saturated carbocycles. The minimum Gasteiger partial charge on any atom is -0.481 e. The van der Waals surface area contributed by atoms with E-state index in [0.717, 1.165) is 12.1 Å². The second-order valence-electron chi connectivity index (χ2n) is 2.87. The highest BCUT2D eigenvalue weighted by Gasteiger charge is 2.31. The molecule has 0 aromatic heterocycles. The van der Waals surface area contributed by atoms with E-state index in [9.17, 15) is 18.0 Å². The van der Waals surface area contributed by atoms with Crippen LogP contribution >= 0.6 is 15.9 Å². The fourth-order valence-corrected chi connectivity index (χ4v) is 1.43. The van der Waals surface area contributed by atoms with Crippen molar-refractivity contribution in [1.82, 2.24) is 0 Å². The van der Waals surface area contributed by atoms with Gasteiger partial charge in [0, 0.05) is 4.47 Å². The molecule has 1 N–H and O–H groups in total. The average molecular weight is 299 g/mol. The Hall–Kier alpha value is -1.24. The molecule has 0 saturated heterocycles. The van der Waals surface area contributed by atoms with Crippen LogP contribution in [0.3, 0.4) is 0 Å².